The van der Waals surface area contributed by atoms with Gasteiger partial charge in [0.25, 0.3) is 5.91 Å². The van der Waals surface area contributed by atoms with Crippen LogP contribution >= 0.6 is 0 Å². The van der Waals surface area contributed by atoms with Crippen LogP contribution in [0, 0.1) is 5.92 Å². The maximum absolute atomic E-state index is 16.4. The molecule has 6 atom stereocenters. The maximum Gasteiger partial charge on any atom is 0.254 e. The molecule has 3 aromatic rings. The molecule has 2 amide bonds. The Balaban J connectivity index is 1.70. The van der Waals surface area contributed by atoms with E-state index in [2.05, 4.69) is 19.8 Å². The molecule has 0 spiro atoms. The van der Waals surface area contributed by atoms with E-state index in [-0.39, 0.29) is 35.7 Å². The van der Waals surface area contributed by atoms with E-state index in [1.807, 2.05) is 0 Å². The third-order valence-corrected chi connectivity index (χ3v) is 8.13. The van der Waals surface area contributed by atoms with Gasteiger partial charge < -0.3 is 15.4 Å². The quantitative estimate of drug-likeness (QED) is 0.307. The van der Waals surface area contributed by atoms with Crippen molar-refractivity contribution in [1.82, 2.24) is 29.2 Å². The molecular weight excluding hydrogens is 569 g/mol. The van der Waals surface area contributed by atoms with E-state index >= 15 is 4.39 Å². The molecule has 5 N–H and O–H groups in total. The molecule has 41 heavy (non-hydrogen) atoms. The van der Waals surface area contributed by atoms with Gasteiger partial charge in [-0.1, -0.05) is 0 Å². The molecule has 1 saturated heterocycles. The van der Waals surface area contributed by atoms with E-state index in [0.29, 0.717) is 11.1 Å². The summed E-state index contributed by atoms with van der Waals surface area (Å²) in [6.45, 7) is -0.909. The van der Waals surface area contributed by atoms with Gasteiger partial charge in [-0.15, -0.1) is 0 Å². The number of halogens is 3. The molecule has 2 aliphatic rings. The molecule has 1 saturated carbocycles. The largest absolute Gasteiger partial charge is 0.480 e. The highest BCUT2D eigenvalue weighted by Gasteiger charge is 2.58. The summed E-state index contributed by atoms with van der Waals surface area (Å²) in [4.78, 5) is 34.8. The van der Waals surface area contributed by atoms with Crippen molar-refractivity contribution in [3.63, 3.8) is 0 Å². The summed E-state index contributed by atoms with van der Waals surface area (Å²) in [5, 5.41) is 4.22. The number of hydrogen-bond donors (Lipinski definition) is 3. The maximum atomic E-state index is 16.4. The zero-order valence-corrected chi connectivity index (χ0v) is 22.7. The Morgan fingerprint density at radius 2 is 2.00 bits per heavy atom. The van der Waals surface area contributed by atoms with Crippen molar-refractivity contribution in [2.45, 2.75) is 43.1 Å². The van der Waals surface area contributed by atoms with E-state index in [4.69, 9.17) is 16.2 Å². The minimum Gasteiger partial charge on any atom is -0.480 e. The number of aromatic nitrogens is 4. The average molecular weight is 597 g/mol. The lowest BCUT2D eigenvalue weighted by molar-refractivity contribution is -0.148. The Labute approximate surface area is 232 Å². The van der Waals surface area contributed by atoms with Gasteiger partial charge in [0.15, 0.2) is 5.79 Å². The van der Waals surface area contributed by atoms with Crippen molar-refractivity contribution in [2.24, 2.45) is 17.4 Å². The molecule has 220 valence electrons. The van der Waals surface area contributed by atoms with Crippen LogP contribution in [0.3, 0.4) is 0 Å². The first-order valence-electron chi connectivity index (χ1n) is 12.4. The van der Waals surface area contributed by atoms with Gasteiger partial charge in [-0.25, -0.2) is 40.8 Å². The van der Waals surface area contributed by atoms with Crippen LogP contribution in [0.15, 0.2) is 30.9 Å². The second kappa shape index (κ2) is 10.2. The number of fused-ring (bicyclic) bond motifs is 1. The highest BCUT2D eigenvalue weighted by atomic mass is 32.2. The predicted octanol–water partition coefficient (Wildman–Crippen LogP) is 0.269. The minimum absolute atomic E-state index is 0.0680. The fraction of sp³-hybridized carbons (Fsp3) is 0.458. The third kappa shape index (κ3) is 5.08. The molecule has 0 aromatic carbocycles. The van der Waals surface area contributed by atoms with Crippen molar-refractivity contribution >= 4 is 27.4 Å². The van der Waals surface area contributed by atoms with Gasteiger partial charge in [0.1, 0.15) is 24.2 Å². The fourth-order valence-corrected chi connectivity index (χ4v) is 5.91. The second-order valence-corrected chi connectivity index (χ2v) is 12.0. The van der Waals surface area contributed by atoms with E-state index in [1.54, 1.807) is 0 Å². The molecule has 3 aromatic heterocycles. The topological polar surface area (TPSA) is 188 Å². The number of carbonyl (C=O) groups is 2. The minimum atomic E-state index is -3.62. The number of nitrogens with one attached hydrogen (secondary N) is 1. The Morgan fingerprint density at radius 1 is 1.27 bits per heavy atom. The van der Waals surface area contributed by atoms with Gasteiger partial charge in [0, 0.05) is 12.7 Å². The van der Waals surface area contributed by atoms with E-state index in [9.17, 15) is 26.8 Å². The molecule has 6 unspecified atom stereocenters. The average Bonchev–Trinajstić information content (AvgIpc) is 3.42. The van der Waals surface area contributed by atoms with Crippen LogP contribution in [0.2, 0.25) is 0 Å². The van der Waals surface area contributed by atoms with Crippen LogP contribution in [0.25, 0.3) is 5.52 Å². The zero-order chi connectivity index (χ0) is 29.9. The smallest absolute Gasteiger partial charge is 0.254 e. The monoisotopic (exact) mass is 596 g/mol. The number of methoxy groups -OCH3 is 1. The van der Waals surface area contributed by atoms with Gasteiger partial charge in [-0.2, -0.15) is 5.10 Å². The number of nitrogens with two attached hydrogens (primary N) is 2. The number of hydrogen-bond acceptors (Lipinski definition) is 9. The van der Waals surface area contributed by atoms with Crippen LogP contribution in [-0.2, 0) is 21.4 Å². The molecule has 0 bridgehead atoms. The van der Waals surface area contributed by atoms with Gasteiger partial charge >= 0.3 is 0 Å². The first kappa shape index (κ1) is 28.7. The number of amides is 2. The number of primary amides is 1. The van der Waals surface area contributed by atoms with Crippen LogP contribution in [0.5, 0.6) is 5.88 Å². The molecule has 5 rings (SSSR count). The van der Waals surface area contributed by atoms with Crippen molar-refractivity contribution in [1.29, 1.82) is 0 Å². The molecule has 17 heteroatoms. The lowest BCUT2D eigenvalue weighted by atomic mass is 9.79. The number of carbonyl (C=O) groups excluding carboxylic acids is 2. The van der Waals surface area contributed by atoms with Crippen LogP contribution in [-0.4, -0.2) is 82.8 Å². The summed E-state index contributed by atoms with van der Waals surface area (Å²) in [5.74, 6) is -7.32. The van der Waals surface area contributed by atoms with Crippen molar-refractivity contribution in [2.75, 3.05) is 19.9 Å². The van der Waals surface area contributed by atoms with E-state index < -0.39 is 64.4 Å². The van der Waals surface area contributed by atoms with Crippen LogP contribution in [0.1, 0.15) is 45.6 Å². The van der Waals surface area contributed by atoms with Crippen molar-refractivity contribution < 1.29 is 35.9 Å². The molecule has 2 fully saturated rings. The first-order valence-corrected chi connectivity index (χ1v) is 14.3. The Hall–Kier alpha value is -3.83. The number of likely N-dealkylation sites (tertiary alicyclic amines) is 1. The lowest BCUT2D eigenvalue weighted by Crippen LogP contribution is -2.51. The molecule has 0 radical (unpaired) electrons. The predicted molar refractivity (Wildman–Crippen MR) is 137 cm³/mol. The normalized spacial score (nSPS) is 28.0. The number of sulfonamides is 1. The summed E-state index contributed by atoms with van der Waals surface area (Å²) in [5.41, 5.74) is 12.4. The molecule has 1 aliphatic heterocycles. The van der Waals surface area contributed by atoms with E-state index in [0.717, 1.165) is 11.2 Å². The highest BCUT2D eigenvalue weighted by Crippen LogP contribution is 2.51. The summed E-state index contributed by atoms with van der Waals surface area (Å²) < 4.78 is 76.9. The van der Waals surface area contributed by atoms with Crippen LogP contribution < -0.4 is 20.9 Å². The summed E-state index contributed by atoms with van der Waals surface area (Å²) in [6, 6.07) is 1.46. The number of nitrogens with zero attached hydrogens (tertiary/aromatic N) is 5. The molecule has 13 nitrogen and oxygen atoms in total. The number of pyridine rings is 1. The van der Waals surface area contributed by atoms with Crippen molar-refractivity contribution in [3.8, 4) is 5.88 Å². The molecule has 1 aliphatic carbocycles. The fourth-order valence-electron chi connectivity index (χ4n) is 5.49. The third-order valence-electron chi connectivity index (χ3n) is 7.46. The lowest BCUT2D eigenvalue weighted by Gasteiger charge is -2.37. The SMILES string of the molecule is COc1ncc(C2C(c3cc(CNS(C)(=O)=O)c4cncnn34)N(C(=O)C3CC(F)C3F)CC2(N)F)cc1C(N)=O. The molecular formula is C24H27F3N8O5S. The van der Waals surface area contributed by atoms with Crippen molar-refractivity contribution in [3.05, 3.63) is 53.2 Å². The van der Waals surface area contributed by atoms with Gasteiger partial charge in [-0.3, -0.25) is 15.3 Å². The van der Waals surface area contributed by atoms with Crippen LogP contribution in [0.4, 0.5) is 13.2 Å². The summed E-state index contributed by atoms with van der Waals surface area (Å²) >= 11 is 0. The summed E-state index contributed by atoms with van der Waals surface area (Å²) in [6.07, 6.45) is 0.491. The Bertz CT molecular complexity index is 1630. The number of rotatable bonds is 8. The zero-order valence-electron chi connectivity index (χ0n) is 21.9. The Kier molecular flexibility index (Phi) is 7.15. The standard InChI is InChI=1S/C24H27F3N8O5S/c1-40-22-14(21(28)36)3-12(6-31-22)18-20(34(9-24(18,27)29)23(37)13-5-15(25)19(13)26)16-4-11(7-33-41(2,38)39)17-8-30-10-32-35(16)17/h3-4,6,8,10,13,15,18-20,33H,5,7,9,29H2,1-2H3,(H2,28,36). The van der Waals surface area contributed by atoms with Gasteiger partial charge in [0.05, 0.1) is 55.2 Å². The van der Waals surface area contributed by atoms with Gasteiger partial charge in [-0.05, 0) is 29.7 Å². The van der Waals surface area contributed by atoms with Gasteiger partial charge in [0.2, 0.25) is 21.8 Å². The second-order valence-electron chi connectivity index (χ2n) is 10.2. The first-order chi connectivity index (χ1) is 19.2. The summed E-state index contributed by atoms with van der Waals surface area (Å²) in [7, 11) is -2.36. The highest BCUT2D eigenvalue weighted by molar-refractivity contribution is 7.88. The van der Waals surface area contributed by atoms with E-state index in [1.165, 1.54) is 42.5 Å². The number of alkyl halides is 3. The Morgan fingerprint density at radius 3 is 2.61 bits per heavy atom. The number of ether oxygens (including phenoxy) is 1. The molecule has 4 heterocycles.